The molecule has 184 valence electrons. The molecule has 0 spiro atoms. The summed E-state index contributed by atoms with van der Waals surface area (Å²) in [6, 6.07) is 12.6. The van der Waals surface area contributed by atoms with Crippen LogP contribution in [0.25, 0.3) is 5.69 Å². The molecule has 0 radical (unpaired) electrons. The SMILES string of the molecule is COc1ccc(C(=O)N2CCN(C(=O)Cc3c(C)nn(-c4ccc(Cl)cc4)c3C)CC2)c(OC)c1. The highest BCUT2D eigenvalue weighted by molar-refractivity contribution is 6.30. The Hall–Kier alpha value is -3.52. The van der Waals surface area contributed by atoms with Crippen LogP contribution in [0.5, 0.6) is 11.5 Å². The Labute approximate surface area is 210 Å². The summed E-state index contributed by atoms with van der Waals surface area (Å²) in [7, 11) is 3.10. The minimum atomic E-state index is -0.118. The maximum Gasteiger partial charge on any atom is 0.257 e. The molecule has 1 fully saturated rings. The van der Waals surface area contributed by atoms with Crippen molar-refractivity contribution in [1.29, 1.82) is 0 Å². The van der Waals surface area contributed by atoms with E-state index in [1.807, 2.05) is 47.7 Å². The number of aryl methyl sites for hydroxylation is 1. The van der Waals surface area contributed by atoms with Crippen molar-refractivity contribution < 1.29 is 19.1 Å². The molecule has 1 aliphatic heterocycles. The highest BCUT2D eigenvalue weighted by atomic mass is 35.5. The monoisotopic (exact) mass is 496 g/mol. The highest BCUT2D eigenvalue weighted by Crippen LogP contribution is 2.26. The van der Waals surface area contributed by atoms with E-state index in [0.29, 0.717) is 48.3 Å². The van der Waals surface area contributed by atoms with Gasteiger partial charge in [0.05, 0.1) is 37.6 Å². The molecule has 9 heteroatoms. The van der Waals surface area contributed by atoms with Crippen LogP contribution >= 0.6 is 11.6 Å². The van der Waals surface area contributed by atoms with Gasteiger partial charge in [0.15, 0.2) is 0 Å². The van der Waals surface area contributed by atoms with E-state index in [2.05, 4.69) is 5.10 Å². The summed E-state index contributed by atoms with van der Waals surface area (Å²) in [4.78, 5) is 29.8. The summed E-state index contributed by atoms with van der Waals surface area (Å²) in [5.74, 6) is 1.00. The van der Waals surface area contributed by atoms with E-state index in [9.17, 15) is 9.59 Å². The molecule has 0 N–H and O–H groups in total. The van der Waals surface area contributed by atoms with Gasteiger partial charge < -0.3 is 19.3 Å². The Morgan fingerprint density at radius 3 is 2.23 bits per heavy atom. The lowest BCUT2D eigenvalue weighted by Gasteiger charge is -2.35. The van der Waals surface area contributed by atoms with Crippen LogP contribution in [0.4, 0.5) is 0 Å². The van der Waals surface area contributed by atoms with Gasteiger partial charge in [-0.25, -0.2) is 4.68 Å². The van der Waals surface area contributed by atoms with Gasteiger partial charge in [-0.05, 0) is 50.2 Å². The lowest BCUT2D eigenvalue weighted by atomic mass is 10.1. The number of carbonyl (C=O) groups excluding carboxylic acids is 2. The van der Waals surface area contributed by atoms with Crippen molar-refractivity contribution in [2.45, 2.75) is 20.3 Å². The first-order valence-electron chi connectivity index (χ1n) is 11.4. The molecule has 0 atom stereocenters. The number of amides is 2. The fraction of sp³-hybridized carbons (Fsp3) is 0.346. The van der Waals surface area contributed by atoms with E-state index in [1.165, 1.54) is 7.11 Å². The summed E-state index contributed by atoms with van der Waals surface area (Å²) in [6.07, 6.45) is 0.269. The zero-order valence-electron chi connectivity index (χ0n) is 20.4. The van der Waals surface area contributed by atoms with Crippen LogP contribution in [0.3, 0.4) is 0 Å². The molecular weight excluding hydrogens is 468 g/mol. The largest absolute Gasteiger partial charge is 0.497 e. The Bertz CT molecular complexity index is 1230. The fourth-order valence-electron chi connectivity index (χ4n) is 4.33. The number of hydrogen-bond acceptors (Lipinski definition) is 5. The number of methoxy groups -OCH3 is 2. The Morgan fingerprint density at radius 2 is 1.60 bits per heavy atom. The van der Waals surface area contributed by atoms with Gasteiger partial charge in [0.1, 0.15) is 11.5 Å². The summed E-state index contributed by atoms with van der Waals surface area (Å²) < 4.78 is 12.4. The molecule has 2 aromatic carbocycles. The number of nitrogens with zero attached hydrogens (tertiary/aromatic N) is 4. The summed E-state index contributed by atoms with van der Waals surface area (Å²) in [5, 5.41) is 5.30. The van der Waals surface area contributed by atoms with Crippen molar-refractivity contribution >= 4 is 23.4 Å². The Kier molecular flexibility index (Phi) is 7.31. The van der Waals surface area contributed by atoms with Gasteiger partial charge >= 0.3 is 0 Å². The molecule has 3 aromatic rings. The predicted molar refractivity (Wildman–Crippen MR) is 134 cm³/mol. The van der Waals surface area contributed by atoms with Crippen LogP contribution in [0.1, 0.15) is 27.3 Å². The molecule has 2 amide bonds. The maximum atomic E-state index is 13.1. The van der Waals surface area contributed by atoms with Crippen molar-refractivity contribution in [3.05, 3.63) is 70.0 Å². The van der Waals surface area contributed by atoms with E-state index >= 15 is 0 Å². The average molecular weight is 497 g/mol. The van der Waals surface area contributed by atoms with E-state index in [4.69, 9.17) is 21.1 Å². The predicted octanol–water partition coefficient (Wildman–Crippen LogP) is 3.69. The third kappa shape index (κ3) is 5.12. The molecule has 0 saturated carbocycles. The number of ether oxygens (including phenoxy) is 2. The second-order valence-corrected chi connectivity index (χ2v) is 8.89. The molecule has 4 rings (SSSR count). The number of rotatable bonds is 6. The molecule has 0 bridgehead atoms. The van der Waals surface area contributed by atoms with Gasteiger partial charge in [-0.1, -0.05) is 11.6 Å². The van der Waals surface area contributed by atoms with Crippen LogP contribution in [0.2, 0.25) is 5.02 Å². The van der Waals surface area contributed by atoms with E-state index in [-0.39, 0.29) is 18.2 Å². The number of carbonyl (C=O) groups is 2. The summed E-state index contributed by atoms with van der Waals surface area (Å²) in [6.45, 7) is 5.76. The summed E-state index contributed by atoms with van der Waals surface area (Å²) >= 11 is 6.01. The number of benzene rings is 2. The quantitative estimate of drug-likeness (QED) is 0.520. The average Bonchev–Trinajstić information content (AvgIpc) is 3.16. The second-order valence-electron chi connectivity index (χ2n) is 8.45. The molecule has 1 saturated heterocycles. The van der Waals surface area contributed by atoms with E-state index in [0.717, 1.165) is 22.6 Å². The van der Waals surface area contributed by atoms with Gasteiger partial charge in [-0.15, -0.1) is 0 Å². The highest BCUT2D eigenvalue weighted by Gasteiger charge is 2.27. The topological polar surface area (TPSA) is 76.9 Å². The molecule has 0 unspecified atom stereocenters. The van der Waals surface area contributed by atoms with Gasteiger partial charge in [-0.3, -0.25) is 9.59 Å². The van der Waals surface area contributed by atoms with E-state index in [1.54, 1.807) is 30.2 Å². The molecular formula is C26H29ClN4O4. The normalized spacial score (nSPS) is 13.6. The smallest absolute Gasteiger partial charge is 0.257 e. The number of aromatic nitrogens is 2. The van der Waals surface area contributed by atoms with Crippen LogP contribution in [-0.2, 0) is 11.2 Å². The van der Waals surface area contributed by atoms with E-state index < -0.39 is 0 Å². The van der Waals surface area contributed by atoms with Crippen molar-refractivity contribution in [3.8, 4) is 17.2 Å². The number of piperazine rings is 1. The number of hydrogen-bond donors (Lipinski definition) is 0. The minimum Gasteiger partial charge on any atom is -0.497 e. The third-order valence-electron chi connectivity index (χ3n) is 6.40. The first kappa shape index (κ1) is 24.6. The zero-order valence-corrected chi connectivity index (χ0v) is 21.1. The minimum absolute atomic E-state index is 0.0287. The van der Waals surface area contributed by atoms with Crippen molar-refractivity contribution in [3.63, 3.8) is 0 Å². The Morgan fingerprint density at radius 1 is 0.943 bits per heavy atom. The number of halogens is 1. The lowest BCUT2D eigenvalue weighted by Crippen LogP contribution is -2.51. The van der Waals surface area contributed by atoms with Gasteiger partial charge in [0.25, 0.3) is 5.91 Å². The third-order valence-corrected chi connectivity index (χ3v) is 6.65. The van der Waals surface area contributed by atoms with Crippen LogP contribution in [0, 0.1) is 13.8 Å². The molecule has 2 heterocycles. The molecule has 0 aliphatic carbocycles. The summed E-state index contributed by atoms with van der Waals surface area (Å²) in [5.41, 5.74) is 4.06. The molecule has 35 heavy (non-hydrogen) atoms. The van der Waals surface area contributed by atoms with Crippen molar-refractivity contribution in [2.24, 2.45) is 0 Å². The first-order valence-corrected chi connectivity index (χ1v) is 11.8. The maximum absolute atomic E-state index is 13.1. The van der Waals surface area contributed by atoms with Crippen molar-refractivity contribution in [2.75, 3.05) is 40.4 Å². The zero-order chi connectivity index (χ0) is 25.1. The van der Waals surface area contributed by atoms with Gasteiger partial charge in [0.2, 0.25) is 5.91 Å². The molecule has 8 nitrogen and oxygen atoms in total. The van der Waals surface area contributed by atoms with Crippen LogP contribution in [-0.4, -0.2) is 71.8 Å². The molecule has 1 aliphatic rings. The van der Waals surface area contributed by atoms with Gasteiger partial charge in [-0.2, -0.15) is 5.10 Å². The first-order chi connectivity index (χ1) is 16.8. The van der Waals surface area contributed by atoms with Crippen molar-refractivity contribution in [1.82, 2.24) is 19.6 Å². The lowest BCUT2D eigenvalue weighted by molar-refractivity contribution is -0.131. The van der Waals surface area contributed by atoms with Crippen LogP contribution in [0.15, 0.2) is 42.5 Å². The Balaban J connectivity index is 1.40. The fourth-order valence-corrected chi connectivity index (χ4v) is 4.46. The van der Waals surface area contributed by atoms with Crippen LogP contribution < -0.4 is 9.47 Å². The molecule has 1 aromatic heterocycles. The van der Waals surface area contributed by atoms with Gasteiger partial charge in [0, 0.05) is 48.5 Å². The standard InChI is InChI=1S/C26H29ClN4O4/c1-17-23(18(2)31(28-17)20-7-5-19(27)6-8-20)16-25(32)29-11-13-30(14-12-29)26(33)22-10-9-21(34-3)15-24(22)35-4/h5-10,15H,11-14,16H2,1-4H3. The second kappa shape index (κ2) is 10.4.